The predicted octanol–water partition coefficient (Wildman–Crippen LogP) is 2.47. The van der Waals surface area contributed by atoms with Gasteiger partial charge in [-0.15, -0.1) is 0 Å². The van der Waals surface area contributed by atoms with Gasteiger partial charge in [-0.3, -0.25) is 4.79 Å². The SMILES string of the molecule is NC(=O)Nc1ccccc1CC(=O)O.c1cc2ccc1-2. The normalized spacial score (nSPS) is 10.0. The lowest BCUT2D eigenvalue weighted by atomic mass is 9.95. The number of hydrogen-bond donors (Lipinski definition) is 3. The summed E-state index contributed by atoms with van der Waals surface area (Å²) in [6.45, 7) is 0. The molecule has 0 saturated carbocycles. The number of carboxylic acids is 1. The van der Waals surface area contributed by atoms with E-state index in [-0.39, 0.29) is 6.42 Å². The van der Waals surface area contributed by atoms with Crippen molar-refractivity contribution in [3.63, 3.8) is 0 Å². The number of anilines is 1. The van der Waals surface area contributed by atoms with Gasteiger partial charge in [0.05, 0.1) is 6.42 Å². The van der Waals surface area contributed by atoms with Crippen LogP contribution in [0.15, 0.2) is 48.5 Å². The number of carboxylic acid groups (broad SMARTS) is 1. The molecule has 2 aliphatic rings. The third-order valence-electron chi connectivity index (χ3n) is 2.84. The van der Waals surface area contributed by atoms with E-state index >= 15 is 0 Å². The standard InChI is InChI=1S/C9H10N2O3.C6H4/c10-9(14)11-7-4-2-1-3-6(7)5-8(12)13;1-2-6-4-3-5(1)6/h1-4H,5H2,(H,12,13)(H3,10,11,14);1-4H. The van der Waals surface area contributed by atoms with Crippen molar-refractivity contribution in [3.8, 4) is 11.1 Å². The maximum Gasteiger partial charge on any atom is 0.316 e. The number of benzene rings is 2. The first-order valence-corrected chi connectivity index (χ1v) is 6.03. The van der Waals surface area contributed by atoms with E-state index in [1.807, 2.05) is 0 Å². The van der Waals surface area contributed by atoms with Crippen LogP contribution in [0.3, 0.4) is 0 Å². The molecule has 0 unspecified atom stereocenters. The van der Waals surface area contributed by atoms with Crippen LogP contribution in [0.4, 0.5) is 10.5 Å². The van der Waals surface area contributed by atoms with Crippen LogP contribution in [0.5, 0.6) is 0 Å². The zero-order chi connectivity index (χ0) is 14.5. The summed E-state index contributed by atoms with van der Waals surface area (Å²) in [6, 6.07) is 14.4. The van der Waals surface area contributed by atoms with Gasteiger partial charge in [0.1, 0.15) is 0 Å². The van der Waals surface area contributed by atoms with Crippen molar-refractivity contribution < 1.29 is 14.7 Å². The summed E-state index contributed by atoms with van der Waals surface area (Å²) < 4.78 is 0. The number of hydrogen-bond acceptors (Lipinski definition) is 2. The van der Waals surface area contributed by atoms with Crippen LogP contribution in [0.1, 0.15) is 5.56 Å². The van der Waals surface area contributed by atoms with Crippen LogP contribution in [0.2, 0.25) is 0 Å². The maximum absolute atomic E-state index is 10.6. The highest BCUT2D eigenvalue weighted by Gasteiger charge is 2.06. The Bertz CT molecular complexity index is 580. The second-order valence-electron chi connectivity index (χ2n) is 4.29. The Morgan fingerprint density at radius 1 is 1.00 bits per heavy atom. The van der Waals surface area contributed by atoms with E-state index in [2.05, 4.69) is 29.6 Å². The van der Waals surface area contributed by atoms with Crippen molar-refractivity contribution in [2.45, 2.75) is 6.42 Å². The van der Waals surface area contributed by atoms with Crippen LogP contribution < -0.4 is 11.1 Å². The van der Waals surface area contributed by atoms with Gasteiger partial charge < -0.3 is 16.2 Å². The number of primary amides is 1. The van der Waals surface area contributed by atoms with Gasteiger partial charge >= 0.3 is 12.0 Å². The van der Waals surface area contributed by atoms with Crippen molar-refractivity contribution in [3.05, 3.63) is 54.1 Å². The number of urea groups is 1. The molecule has 20 heavy (non-hydrogen) atoms. The summed E-state index contributed by atoms with van der Waals surface area (Å²) in [6.07, 6.45) is -0.142. The van der Waals surface area contributed by atoms with Gasteiger partial charge in [-0.2, -0.15) is 0 Å². The van der Waals surface area contributed by atoms with Crippen LogP contribution >= 0.6 is 0 Å². The van der Waals surface area contributed by atoms with Gasteiger partial charge in [0, 0.05) is 5.69 Å². The van der Waals surface area contributed by atoms with E-state index < -0.39 is 12.0 Å². The summed E-state index contributed by atoms with van der Waals surface area (Å²) in [5.74, 6) is -0.955. The van der Waals surface area contributed by atoms with E-state index in [9.17, 15) is 9.59 Å². The summed E-state index contributed by atoms with van der Waals surface area (Å²) in [5, 5.41) is 10.9. The molecule has 1 aromatic carbocycles. The first kappa shape index (κ1) is 13.6. The molecule has 0 aromatic heterocycles. The molecule has 5 heteroatoms. The Balaban J connectivity index is 0.000000198. The van der Waals surface area contributed by atoms with Gasteiger partial charge in [-0.1, -0.05) is 42.5 Å². The minimum atomic E-state index is -0.955. The lowest BCUT2D eigenvalue weighted by molar-refractivity contribution is -0.136. The molecular weight excluding hydrogens is 256 g/mol. The number of nitrogens with one attached hydrogen (secondary N) is 1. The van der Waals surface area contributed by atoms with E-state index in [0.717, 1.165) is 0 Å². The van der Waals surface area contributed by atoms with E-state index in [0.29, 0.717) is 11.3 Å². The molecule has 2 amide bonds. The molecule has 0 saturated heterocycles. The van der Waals surface area contributed by atoms with Gasteiger partial charge in [-0.25, -0.2) is 4.79 Å². The molecule has 5 nitrogen and oxygen atoms in total. The second kappa shape index (κ2) is 5.88. The number of para-hydroxylation sites is 1. The third-order valence-corrected chi connectivity index (χ3v) is 2.84. The topological polar surface area (TPSA) is 92.4 Å². The number of rotatable bonds is 3. The molecule has 0 atom stereocenters. The number of aliphatic carboxylic acids is 1. The molecule has 0 aliphatic heterocycles. The molecular formula is C15H14N2O3. The number of nitrogens with two attached hydrogens (primary N) is 1. The molecule has 102 valence electrons. The van der Waals surface area contributed by atoms with Crippen molar-refractivity contribution in [1.82, 2.24) is 0 Å². The second-order valence-corrected chi connectivity index (χ2v) is 4.29. The van der Waals surface area contributed by atoms with Crippen molar-refractivity contribution in [2.75, 3.05) is 5.32 Å². The van der Waals surface area contributed by atoms with E-state index in [4.69, 9.17) is 10.8 Å². The number of carbonyl (C=O) groups excluding carboxylic acids is 1. The van der Waals surface area contributed by atoms with E-state index in [1.54, 1.807) is 24.3 Å². The van der Waals surface area contributed by atoms with Gasteiger partial charge in [0.25, 0.3) is 0 Å². The van der Waals surface area contributed by atoms with E-state index in [1.165, 1.54) is 11.1 Å². The Hall–Kier alpha value is -2.82. The summed E-state index contributed by atoms with van der Waals surface area (Å²) in [4.78, 5) is 21.0. The van der Waals surface area contributed by atoms with Crippen LogP contribution in [0, 0.1) is 0 Å². The first-order chi connectivity index (χ1) is 9.56. The molecule has 0 spiro atoms. The fourth-order valence-electron chi connectivity index (χ4n) is 1.75. The summed E-state index contributed by atoms with van der Waals surface area (Å²) >= 11 is 0. The average Bonchev–Trinajstić information content (AvgIpc) is 2.36. The fourth-order valence-corrected chi connectivity index (χ4v) is 1.75. The maximum atomic E-state index is 10.6. The molecule has 4 N–H and O–H groups in total. The Morgan fingerprint density at radius 3 is 1.95 bits per heavy atom. The van der Waals surface area contributed by atoms with Crippen LogP contribution in [-0.2, 0) is 11.2 Å². The zero-order valence-corrected chi connectivity index (χ0v) is 10.7. The van der Waals surface area contributed by atoms with Crippen molar-refractivity contribution in [2.24, 2.45) is 5.73 Å². The number of fused-ring (bicyclic) bond motifs is 1. The Labute approximate surface area is 116 Å². The van der Waals surface area contributed by atoms with Crippen molar-refractivity contribution in [1.29, 1.82) is 0 Å². The minimum absolute atomic E-state index is 0.142. The first-order valence-electron chi connectivity index (χ1n) is 6.03. The smallest absolute Gasteiger partial charge is 0.316 e. The third kappa shape index (κ3) is 3.35. The minimum Gasteiger partial charge on any atom is -0.481 e. The average molecular weight is 270 g/mol. The lowest BCUT2D eigenvalue weighted by Crippen LogP contribution is -2.20. The van der Waals surface area contributed by atoms with Crippen molar-refractivity contribution >= 4 is 17.7 Å². The summed E-state index contributed by atoms with van der Waals surface area (Å²) in [5.41, 5.74) is 8.74. The molecule has 1 aromatic rings. The zero-order valence-electron chi connectivity index (χ0n) is 10.7. The van der Waals surface area contributed by atoms with Gasteiger partial charge in [-0.05, 0) is 22.8 Å². The largest absolute Gasteiger partial charge is 0.481 e. The Kier molecular flexibility index (Phi) is 4.00. The predicted molar refractivity (Wildman–Crippen MR) is 76.4 cm³/mol. The molecule has 0 fully saturated rings. The molecule has 3 rings (SSSR count). The highest BCUT2D eigenvalue weighted by Crippen LogP contribution is 2.29. The molecule has 0 bridgehead atoms. The fraction of sp³-hybridized carbons (Fsp3) is 0.0667. The molecule has 0 radical (unpaired) electrons. The van der Waals surface area contributed by atoms with Gasteiger partial charge in [0.2, 0.25) is 0 Å². The van der Waals surface area contributed by atoms with Crippen LogP contribution in [0.25, 0.3) is 11.1 Å². The number of amides is 2. The highest BCUT2D eigenvalue weighted by atomic mass is 16.4. The monoisotopic (exact) mass is 270 g/mol. The van der Waals surface area contributed by atoms with Crippen LogP contribution in [-0.4, -0.2) is 17.1 Å². The number of carbonyl (C=O) groups is 2. The lowest BCUT2D eigenvalue weighted by Gasteiger charge is -2.10. The molecule has 0 heterocycles. The highest BCUT2D eigenvalue weighted by molar-refractivity contribution is 5.89. The summed E-state index contributed by atoms with van der Waals surface area (Å²) in [7, 11) is 0. The Morgan fingerprint density at radius 2 is 1.55 bits per heavy atom. The quantitative estimate of drug-likeness (QED) is 0.682. The molecule has 2 aliphatic carbocycles. The van der Waals surface area contributed by atoms with Gasteiger partial charge in [0.15, 0.2) is 0 Å².